The number of hydrogen-bond donors (Lipinski definition) is 2. The standard InChI is InChI=1S/C10H21NO3/c1-8(2)14-5-9(13)11-6-10(3,4)7-12/h8,12H,5-7H2,1-4H3,(H,11,13). The van der Waals surface area contributed by atoms with Gasteiger partial charge in [-0.25, -0.2) is 0 Å². The third-order valence-electron chi connectivity index (χ3n) is 1.74. The molecule has 14 heavy (non-hydrogen) atoms. The number of aliphatic hydroxyl groups is 1. The van der Waals surface area contributed by atoms with E-state index in [1.807, 2.05) is 27.7 Å². The molecule has 0 aromatic heterocycles. The first-order valence-electron chi connectivity index (χ1n) is 4.86. The van der Waals surface area contributed by atoms with Gasteiger partial charge in [0.25, 0.3) is 0 Å². The van der Waals surface area contributed by atoms with Crippen LogP contribution in [-0.4, -0.2) is 36.9 Å². The number of rotatable bonds is 6. The topological polar surface area (TPSA) is 58.6 Å². The summed E-state index contributed by atoms with van der Waals surface area (Å²) in [4.78, 5) is 11.2. The molecule has 0 aliphatic carbocycles. The Hall–Kier alpha value is -0.610. The summed E-state index contributed by atoms with van der Waals surface area (Å²) < 4.78 is 5.13. The van der Waals surface area contributed by atoms with E-state index < -0.39 is 0 Å². The summed E-state index contributed by atoms with van der Waals surface area (Å²) in [5.41, 5.74) is -0.270. The predicted molar refractivity (Wildman–Crippen MR) is 55.0 cm³/mol. The first-order valence-corrected chi connectivity index (χ1v) is 4.86. The van der Waals surface area contributed by atoms with Crippen molar-refractivity contribution in [1.82, 2.24) is 5.32 Å². The van der Waals surface area contributed by atoms with Gasteiger partial charge >= 0.3 is 0 Å². The van der Waals surface area contributed by atoms with E-state index in [1.165, 1.54) is 0 Å². The van der Waals surface area contributed by atoms with E-state index in [-0.39, 0.29) is 30.6 Å². The van der Waals surface area contributed by atoms with Gasteiger partial charge in [0, 0.05) is 18.6 Å². The van der Waals surface area contributed by atoms with E-state index in [9.17, 15) is 4.79 Å². The van der Waals surface area contributed by atoms with E-state index in [1.54, 1.807) is 0 Å². The zero-order valence-corrected chi connectivity index (χ0v) is 9.46. The second-order valence-electron chi connectivity index (χ2n) is 4.46. The molecule has 0 fully saturated rings. The van der Waals surface area contributed by atoms with Crippen LogP contribution in [0.25, 0.3) is 0 Å². The molecule has 0 saturated carbocycles. The summed E-state index contributed by atoms with van der Waals surface area (Å²) in [5, 5.41) is 11.6. The zero-order valence-electron chi connectivity index (χ0n) is 9.46. The van der Waals surface area contributed by atoms with Gasteiger partial charge in [0.15, 0.2) is 0 Å². The van der Waals surface area contributed by atoms with Crippen molar-refractivity contribution < 1.29 is 14.6 Å². The third kappa shape index (κ3) is 6.86. The summed E-state index contributed by atoms with van der Waals surface area (Å²) in [6.45, 7) is 8.13. The van der Waals surface area contributed by atoms with Crippen LogP contribution in [0.2, 0.25) is 0 Å². The quantitative estimate of drug-likeness (QED) is 0.662. The van der Waals surface area contributed by atoms with Gasteiger partial charge in [-0.15, -0.1) is 0 Å². The average molecular weight is 203 g/mol. The van der Waals surface area contributed by atoms with E-state index in [0.29, 0.717) is 6.54 Å². The Bertz CT molecular complexity index is 178. The van der Waals surface area contributed by atoms with Gasteiger partial charge in [0.2, 0.25) is 5.91 Å². The normalized spacial score (nSPS) is 11.9. The maximum atomic E-state index is 11.2. The molecule has 0 aliphatic rings. The lowest BCUT2D eigenvalue weighted by Crippen LogP contribution is -2.38. The monoisotopic (exact) mass is 203 g/mol. The smallest absolute Gasteiger partial charge is 0.246 e. The van der Waals surface area contributed by atoms with Crippen molar-refractivity contribution >= 4 is 5.91 Å². The molecule has 0 aromatic rings. The number of amides is 1. The molecule has 1 amide bonds. The molecule has 4 heteroatoms. The van der Waals surface area contributed by atoms with Gasteiger partial charge in [0.1, 0.15) is 6.61 Å². The Labute approximate surface area is 85.6 Å². The largest absolute Gasteiger partial charge is 0.396 e. The van der Waals surface area contributed by atoms with Crippen LogP contribution in [0, 0.1) is 5.41 Å². The van der Waals surface area contributed by atoms with Crippen molar-refractivity contribution in [3.05, 3.63) is 0 Å². The highest BCUT2D eigenvalue weighted by Crippen LogP contribution is 2.10. The van der Waals surface area contributed by atoms with Crippen molar-refractivity contribution in [2.75, 3.05) is 19.8 Å². The summed E-state index contributed by atoms with van der Waals surface area (Å²) >= 11 is 0. The average Bonchev–Trinajstić information content (AvgIpc) is 2.11. The molecule has 4 nitrogen and oxygen atoms in total. The molecule has 0 heterocycles. The van der Waals surface area contributed by atoms with E-state index in [2.05, 4.69) is 5.32 Å². The van der Waals surface area contributed by atoms with Crippen LogP contribution < -0.4 is 5.32 Å². The molecule has 0 spiro atoms. The fourth-order valence-electron chi connectivity index (χ4n) is 0.687. The van der Waals surface area contributed by atoms with Crippen LogP contribution in [0.4, 0.5) is 0 Å². The van der Waals surface area contributed by atoms with Crippen molar-refractivity contribution in [1.29, 1.82) is 0 Å². The van der Waals surface area contributed by atoms with Crippen LogP contribution in [0.15, 0.2) is 0 Å². The Morgan fingerprint density at radius 1 is 1.50 bits per heavy atom. The van der Waals surface area contributed by atoms with E-state index in [0.717, 1.165) is 0 Å². The Morgan fingerprint density at radius 3 is 2.50 bits per heavy atom. The lowest BCUT2D eigenvalue weighted by molar-refractivity contribution is -0.127. The highest BCUT2D eigenvalue weighted by atomic mass is 16.5. The number of nitrogens with one attached hydrogen (secondary N) is 1. The van der Waals surface area contributed by atoms with Crippen LogP contribution >= 0.6 is 0 Å². The van der Waals surface area contributed by atoms with Crippen molar-refractivity contribution in [3.63, 3.8) is 0 Å². The Balaban J connectivity index is 3.64. The number of ether oxygens (including phenoxy) is 1. The summed E-state index contributed by atoms with van der Waals surface area (Å²) in [6.07, 6.45) is 0.0617. The third-order valence-corrected chi connectivity index (χ3v) is 1.74. The molecule has 0 unspecified atom stereocenters. The summed E-state index contributed by atoms with van der Waals surface area (Å²) in [7, 11) is 0. The second-order valence-corrected chi connectivity index (χ2v) is 4.46. The number of carbonyl (C=O) groups excluding carboxylic acids is 1. The van der Waals surface area contributed by atoms with Gasteiger partial charge < -0.3 is 15.2 Å². The molecule has 2 N–H and O–H groups in total. The maximum Gasteiger partial charge on any atom is 0.246 e. The van der Waals surface area contributed by atoms with Gasteiger partial charge in [-0.3, -0.25) is 4.79 Å². The van der Waals surface area contributed by atoms with Crippen molar-refractivity contribution in [2.24, 2.45) is 5.41 Å². The van der Waals surface area contributed by atoms with Crippen LogP contribution in [0.5, 0.6) is 0 Å². The Kier molecular flexibility index (Phi) is 5.72. The molecular weight excluding hydrogens is 182 g/mol. The molecule has 0 aliphatic heterocycles. The van der Waals surface area contributed by atoms with Gasteiger partial charge in [0.05, 0.1) is 6.10 Å². The number of aliphatic hydroxyl groups excluding tert-OH is 1. The number of carbonyl (C=O) groups is 1. The molecule has 0 aromatic carbocycles. The van der Waals surface area contributed by atoms with Gasteiger partial charge in [-0.1, -0.05) is 13.8 Å². The first kappa shape index (κ1) is 13.4. The van der Waals surface area contributed by atoms with E-state index >= 15 is 0 Å². The maximum absolute atomic E-state index is 11.2. The van der Waals surface area contributed by atoms with Gasteiger partial charge in [-0.2, -0.15) is 0 Å². The molecule has 0 radical (unpaired) electrons. The minimum absolute atomic E-state index is 0.0539. The molecule has 84 valence electrons. The van der Waals surface area contributed by atoms with Crippen LogP contribution in [-0.2, 0) is 9.53 Å². The molecule has 0 saturated heterocycles. The van der Waals surface area contributed by atoms with Crippen LogP contribution in [0.3, 0.4) is 0 Å². The summed E-state index contributed by atoms with van der Waals surface area (Å²) in [5.74, 6) is -0.139. The SMILES string of the molecule is CC(C)OCC(=O)NCC(C)(C)CO. The second kappa shape index (κ2) is 5.98. The molecule has 0 rings (SSSR count). The Morgan fingerprint density at radius 2 is 2.07 bits per heavy atom. The lowest BCUT2D eigenvalue weighted by Gasteiger charge is -2.21. The predicted octanol–water partition coefficient (Wildman–Crippen LogP) is 0.546. The van der Waals surface area contributed by atoms with Crippen molar-refractivity contribution in [2.45, 2.75) is 33.8 Å². The highest BCUT2D eigenvalue weighted by molar-refractivity contribution is 5.77. The summed E-state index contributed by atoms with van der Waals surface area (Å²) in [6, 6.07) is 0. The highest BCUT2D eigenvalue weighted by Gasteiger charge is 2.17. The molecule has 0 bridgehead atoms. The molecular formula is C10H21NO3. The van der Waals surface area contributed by atoms with Crippen LogP contribution in [0.1, 0.15) is 27.7 Å². The van der Waals surface area contributed by atoms with Gasteiger partial charge in [-0.05, 0) is 13.8 Å². The minimum atomic E-state index is -0.270. The zero-order chi connectivity index (χ0) is 11.2. The van der Waals surface area contributed by atoms with Crippen molar-refractivity contribution in [3.8, 4) is 0 Å². The first-order chi connectivity index (χ1) is 6.37. The lowest BCUT2D eigenvalue weighted by atomic mass is 9.95. The fraction of sp³-hybridized carbons (Fsp3) is 0.900. The van der Waals surface area contributed by atoms with E-state index in [4.69, 9.17) is 9.84 Å². The number of hydrogen-bond acceptors (Lipinski definition) is 3. The fourth-order valence-corrected chi connectivity index (χ4v) is 0.687. The molecule has 0 atom stereocenters. The minimum Gasteiger partial charge on any atom is -0.396 e.